The van der Waals surface area contributed by atoms with Crippen LogP contribution in [0.1, 0.15) is 43.4 Å². The van der Waals surface area contributed by atoms with E-state index < -0.39 is 0 Å². The molecule has 0 bridgehead atoms. The van der Waals surface area contributed by atoms with Crippen LogP contribution in [0.5, 0.6) is 17.2 Å². The van der Waals surface area contributed by atoms with Gasteiger partial charge in [0.1, 0.15) is 11.8 Å². The number of hydrogen-bond donors (Lipinski definition) is 2. The number of quaternary nitrogens is 1. The number of fused-ring (bicyclic) bond motifs is 1. The smallest absolute Gasteiger partial charge is 0.278 e. The second-order valence-electron chi connectivity index (χ2n) is 8.06. The molecule has 1 unspecified atom stereocenters. The molecule has 1 amide bonds. The normalized spacial score (nSPS) is 21.5. The van der Waals surface area contributed by atoms with Gasteiger partial charge in [-0.05, 0) is 42.8 Å². The van der Waals surface area contributed by atoms with E-state index in [0.717, 1.165) is 48.6 Å². The molecule has 2 heterocycles. The number of carbonyl (C=O) groups is 1. The molecule has 0 aromatic heterocycles. The van der Waals surface area contributed by atoms with Gasteiger partial charge >= 0.3 is 0 Å². The van der Waals surface area contributed by atoms with E-state index in [9.17, 15) is 4.79 Å². The SMILES string of the molecule is COc1ccc(CNC(=O)[C@@H](C)[NH+]2CCC[C@@H]2c2ccc3c(c2)OCCCO3)cc1. The third kappa shape index (κ3) is 4.54. The minimum atomic E-state index is -0.119. The minimum absolute atomic E-state index is 0.0852. The molecule has 160 valence electrons. The molecule has 2 aromatic carbocycles. The Hall–Kier alpha value is -2.73. The van der Waals surface area contributed by atoms with Crippen LogP contribution < -0.4 is 24.4 Å². The topological polar surface area (TPSA) is 61.2 Å². The van der Waals surface area contributed by atoms with Crippen LogP contribution in [0.2, 0.25) is 0 Å². The first-order valence-corrected chi connectivity index (χ1v) is 10.8. The summed E-state index contributed by atoms with van der Waals surface area (Å²) in [6.45, 7) is 4.92. The van der Waals surface area contributed by atoms with Gasteiger partial charge in [0, 0.05) is 31.4 Å². The van der Waals surface area contributed by atoms with E-state index in [1.807, 2.05) is 37.3 Å². The van der Waals surface area contributed by atoms with Gasteiger partial charge in [-0.3, -0.25) is 4.79 Å². The van der Waals surface area contributed by atoms with E-state index in [-0.39, 0.29) is 11.9 Å². The Balaban J connectivity index is 1.40. The van der Waals surface area contributed by atoms with E-state index in [1.54, 1.807) is 7.11 Å². The third-order valence-electron chi connectivity index (χ3n) is 6.16. The summed E-state index contributed by atoms with van der Waals surface area (Å²) in [4.78, 5) is 14.2. The summed E-state index contributed by atoms with van der Waals surface area (Å²) in [7, 11) is 1.65. The van der Waals surface area contributed by atoms with E-state index in [4.69, 9.17) is 14.2 Å². The number of carbonyl (C=O) groups excluding carboxylic acids is 1. The molecule has 2 aliphatic rings. The Labute approximate surface area is 178 Å². The highest BCUT2D eigenvalue weighted by Crippen LogP contribution is 2.33. The van der Waals surface area contributed by atoms with E-state index in [0.29, 0.717) is 25.8 Å². The lowest BCUT2D eigenvalue weighted by atomic mass is 10.0. The van der Waals surface area contributed by atoms with E-state index in [2.05, 4.69) is 17.4 Å². The Kier molecular flexibility index (Phi) is 6.43. The van der Waals surface area contributed by atoms with Crippen LogP contribution in [0.25, 0.3) is 0 Å². The molecule has 1 fully saturated rings. The second kappa shape index (κ2) is 9.39. The van der Waals surface area contributed by atoms with Crippen molar-refractivity contribution in [3.63, 3.8) is 0 Å². The fourth-order valence-electron chi connectivity index (χ4n) is 4.42. The predicted octanol–water partition coefficient (Wildman–Crippen LogP) is 2.28. The molecule has 2 aromatic rings. The second-order valence-corrected chi connectivity index (χ2v) is 8.06. The van der Waals surface area contributed by atoms with Gasteiger partial charge in [0.2, 0.25) is 0 Å². The quantitative estimate of drug-likeness (QED) is 0.766. The Bertz CT molecular complexity index is 868. The average Bonchev–Trinajstić information content (AvgIpc) is 3.15. The molecule has 2 N–H and O–H groups in total. The number of nitrogens with one attached hydrogen (secondary N) is 2. The van der Waals surface area contributed by atoms with Gasteiger partial charge in [-0.1, -0.05) is 12.1 Å². The van der Waals surface area contributed by atoms with Crippen LogP contribution >= 0.6 is 0 Å². The van der Waals surface area contributed by atoms with E-state index >= 15 is 0 Å². The monoisotopic (exact) mass is 411 g/mol. The maximum absolute atomic E-state index is 12.9. The van der Waals surface area contributed by atoms with Crippen molar-refractivity contribution in [3.8, 4) is 17.2 Å². The van der Waals surface area contributed by atoms with Gasteiger partial charge in [-0.2, -0.15) is 0 Å². The maximum atomic E-state index is 12.9. The summed E-state index contributed by atoms with van der Waals surface area (Å²) in [6.07, 6.45) is 3.09. The molecule has 0 aliphatic carbocycles. The van der Waals surface area contributed by atoms with Gasteiger partial charge in [0.15, 0.2) is 17.5 Å². The molecular weight excluding hydrogens is 380 g/mol. The fourth-order valence-corrected chi connectivity index (χ4v) is 4.42. The van der Waals surface area contributed by atoms with Crippen LogP contribution in [-0.4, -0.2) is 38.8 Å². The van der Waals surface area contributed by atoms with Crippen molar-refractivity contribution in [2.45, 2.75) is 44.8 Å². The van der Waals surface area contributed by atoms with Gasteiger partial charge in [-0.25, -0.2) is 0 Å². The van der Waals surface area contributed by atoms with Crippen LogP contribution in [0.3, 0.4) is 0 Å². The van der Waals surface area contributed by atoms with Crippen molar-refractivity contribution in [1.82, 2.24) is 5.32 Å². The minimum Gasteiger partial charge on any atom is -0.497 e. The molecule has 6 nitrogen and oxygen atoms in total. The molecule has 30 heavy (non-hydrogen) atoms. The number of ether oxygens (including phenoxy) is 3. The third-order valence-corrected chi connectivity index (χ3v) is 6.16. The lowest BCUT2D eigenvalue weighted by Crippen LogP contribution is -3.15. The molecule has 0 radical (unpaired) electrons. The number of amides is 1. The highest BCUT2D eigenvalue weighted by Gasteiger charge is 2.37. The van der Waals surface area contributed by atoms with Crippen molar-refractivity contribution in [3.05, 3.63) is 53.6 Å². The molecule has 0 saturated carbocycles. The first kappa shape index (κ1) is 20.5. The van der Waals surface area contributed by atoms with Crippen molar-refractivity contribution in [2.75, 3.05) is 26.9 Å². The average molecular weight is 412 g/mol. The summed E-state index contributed by atoms with van der Waals surface area (Å²) < 4.78 is 16.8. The zero-order valence-corrected chi connectivity index (χ0v) is 17.8. The summed E-state index contributed by atoms with van der Waals surface area (Å²) in [5, 5.41) is 3.10. The largest absolute Gasteiger partial charge is 0.497 e. The highest BCUT2D eigenvalue weighted by molar-refractivity contribution is 5.79. The van der Waals surface area contributed by atoms with Crippen LogP contribution in [0, 0.1) is 0 Å². The molecule has 1 saturated heterocycles. The van der Waals surface area contributed by atoms with Crippen LogP contribution in [0.4, 0.5) is 0 Å². The maximum Gasteiger partial charge on any atom is 0.278 e. The predicted molar refractivity (Wildman–Crippen MR) is 114 cm³/mol. The van der Waals surface area contributed by atoms with Crippen molar-refractivity contribution in [2.24, 2.45) is 0 Å². The zero-order chi connectivity index (χ0) is 20.9. The summed E-state index contributed by atoms with van der Waals surface area (Å²) in [5.41, 5.74) is 2.29. The zero-order valence-electron chi connectivity index (χ0n) is 17.8. The highest BCUT2D eigenvalue weighted by atomic mass is 16.5. The molecule has 0 spiro atoms. The number of methoxy groups -OCH3 is 1. The van der Waals surface area contributed by atoms with Gasteiger partial charge < -0.3 is 24.4 Å². The summed E-state index contributed by atoms with van der Waals surface area (Å²) in [5.74, 6) is 2.55. The first-order valence-electron chi connectivity index (χ1n) is 10.8. The Morgan fingerprint density at radius 1 is 1.13 bits per heavy atom. The Morgan fingerprint density at radius 2 is 1.90 bits per heavy atom. The van der Waals surface area contributed by atoms with Crippen molar-refractivity contribution in [1.29, 1.82) is 0 Å². The molecule has 4 rings (SSSR count). The summed E-state index contributed by atoms with van der Waals surface area (Å²) in [6, 6.07) is 14.2. The van der Waals surface area contributed by atoms with Crippen molar-refractivity contribution < 1.29 is 23.9 Å². The van der Waals surface area contributed by atoms with Crippen LogP contribution in [0.15, 0.2) is 42.5 Å². The number of likely N-dealkylation sites (tertiary alicyclic amines) is 1. The van der Waals surface area contributed by atoms with Gasteiger partial charge in [0.25, 0.3) is 5.91 Å². The fraction of sp³-hybridized carbons (Fsp3) is 0.458. The van der Waals surface area contributed by atoms with Crippen molar-refractivity contribution >= 4 is 5.91 Å². The van der Waals surface area contributed by atoms with Gasteiger partial charge in [0.05, 0.1) is 26.9 Å². The molecular formula is C24H31N2O4+. The first-order chi connectivity index (χ1) is 14.7. The van der Waals surface area contributed by atoms with E-state index in [1.165, 1.54) is 10.5 Å². The lowest BCUT2D eigenvalue weighted by Gasteiger charge is -2.27. The molecule has 3 atom stereocenters. The molecule has 6 heteroatoms. The Morgan fingerprint density at radius 3 is 2.67 bits per heavy atom. The number of benzene rings is 2. The number of rotatable bonds is 6. The van der Waals surface area contributed by atoms with Crippen LogP contribution in [-0.2, 0) is 11.3 Å². The lowest BCUT2D eigenvalue weighted by molar-refractivity contribution is -0.932. The standard InChI is InChI=1S/C24H30N2O4/c1-17(24(27)25-16-18-6-9-20(28-2)10-7-18)26-12-3-5-21(26)19-8-11-22-23(15-19)30-14-4-13-29-22/h6-11,15,17,21H,3-5,12-14,16H2,1-2H3,(H,25,27)/p+1/t17-,21-/m1/s1. The molecule has 2 aliphatic heterocycles. The van der Waals surface area contributed by atoms with Gasteiger partial charge in [-0.15, -0.1) is 0 Å². The summed E-state index contributed by atoms with van der Waals surface area (Å²) >= 11 is 0. The number of hydrogen-bond acceptors (Lipinski definition) is 4.